The van der Waals surface area contributed by atoms with Gasteiger partial charge in [0.05, 0.1) is 12.7 Å². The highest BCUT2D eigenvalue weighted by Crippen LogP contribution is 2.43. The Balaban J connectivity index is 2.15. The summed E-state index contributed by atoms with van der Waals surface area (Å²) in [4.78, 5) is 11.5. The Morgan fingerprint density at radius 2 is 2.20 bits per heavy atom. The van der Waals surface area contributed by atoms with Crippen LogP contribution in [0.5, 0.6) is 0 Å². The monoisotopic (exact) mass is 208 g/mol. The fourth-order valence-corrected chi connectivity index (χ4v) is 3.11. The second-order valence-electron chi connectivity index (χ2n) is 4.86. The summed E-state index contributed by atoms with van der Waals surface area (Å²) in [5.41, 5.74) is -0.156. The van der Waals surface area contributed by atoms with Crippen molar-refractivity contribution in [2.24, 2.45) is 5.92 Å². The molecule has 0 aromatic heterocycles. The molecule has 1 unspecified atom stereocenters. The zero-order valence-electron chi connectivity index (χ0n) is 9.50. The van der Waals surface area contributed by atoms with Crippen molar-refractivity contribution >= 4 is 5.78 Å². The van der Waals surface area contributed by atoms with Crippen LogP contribution in [0.1, 0.15) is 51.9 Å². The van der Waals surface area contributed by atoms with E-state index < -0.39 is 0 Å². The number of rotatable bonds is 3. The number of ether oxygens (including phenoxy) is 1. The molecule has 0 amide bonds. The Kier molecular flexibility index (Phi) is 3.13. The highest BCUT2D eigenvalue weighted by atomic mass is 16.5. The summed E-state index contributed by atoms with van der Waals surface area (Å²) >= 11 is 0. The van der Waals surface area contributed by atoms with Gasteiger partial charge in [-0.15, -0.1) is 0 Å². The lowest BCUT2D eigenvalue weighted by molar-refractivity contribution is -0.127. The zero-order valence-corrected chi connectivity index (χ0v) is 9.50. The molecule has 15 heavy (non-hydrogen) atoms. The van der Waals surface area contributed by atoms with E-state index >= 15 is 0 Å². The molecule has 0 radical (unpaired) electrons. The Hall–Kier alpha value is -0.790. The van der Waals surface area contributed by atoms with Gasteiger partial charge < -0.3 is 4.74 Å². The standard InChI is InChI=1S/C13H20O2/c1-2-8-13(11-5-3-4-6-11)10-12(14)7-9-15-13/h7,9,11H,2-6,8,10H2,1H3. The largest absolute Gasteiger partial charge is 0.494 e. The van der Waals surface area contributed by atoms with E-state index in [-0.39, 0.29) is 11.4 Å². The normalized spacial score (nSPS) is 31.9. The van der Waals surface area contributed by atoms with Crippen LogP contribution in [-0.2, 0) is 9.53 Å². The van der Waals surface area contributed by atoms with E-state index in [1.165, 1.54) is 25.7 Å². The minimum absolute atomic E-state index is 0.156. The molecule has 2 nitrogen and oxygen atoms in total. The van der Waals surface area contributed by atoms with Gasteiger partial charge in [-0.05, 0) is 25.2 Å². The van der Waals surface area contributed by atoms with Gasteiger partial charge in [-0.1, -0.05) is 26.2 Å². The zero-order chi connectivity index (χ0) is 10.7. The van der Waals surface area contributed by atoms with Crippen LogP contribution in [0.4, 0.5) is 0 Å². The predicted octanol–water partition coefficient (Wildman–Crippen LogP) is 3.22. The summed E-state index contributed by atoms with van der Waals surface area (Å²) in [5.74, 6) is 0.841. The average molecular weight is 208 g/mol. The molecular formula is C13H20O2. The van der Waals surface area contributed by atoms with Gasteiger partial charge in [-0.2, -0.15) is 0 Å². The molecule has 84 valence electrons. The molecule has 0 bridgehead atoms. The first kappa shape index (κ1) is 10.7. The van der Waals surface area contributed by atoms with Crippen LogP contribution in [0.15, 0.2) is 12.3 Å². The number of allylic oxidation sites excluding steroid dienone is 1. The molecule has 0 saturated heterocycles. The van der Waals surface area contributed by atoms with Crippen molar-refractivity contribution in [3.8, 4) is 0 Å². The summed E-state index contributed by atoms with van der Waals surface area (Å²) in [6.07, 6.45) is 11.0. The number of carbonyl (C=O) groups is 1. The number of hydrogen-bond donors (Lipinski definition) is 0. The van der Waals surface area contributed by atoms with Crippen LogP contribution in [0.25, 0.3) is 0 Å². The summed E-state index contributed by atoms with van der Waals surface area (Å²) in [6, 6.07) is 0. The van der Waals surface area contributed by atoms with Crippen molar-refractivity contribution in [3.05, 3.63) is 12.3 Å². The van der Waals surface area contributed by atoms with Crippen molar-refractivity contribution in [2.75, 3.05) is 0 Å². The Morgan fingerprint density at radius 3 is 2.80 bits per heavy atom. The quantitative estimate of drug-likeness (QED) is 0.711. The summed E-state index contributed by atoms with van der Waals surface area (Å²) < 4.78 is 5.86. The molecule has 1 aliphatic carbocycles. The molecule has 0 N–H and O–H groups in total. The Labute approximate surface area is 91.7 Å². The fraction of sp³-hybridized carbons (Fsp3) is 0.769. The smallest absolute Gasteiger partial charge is 0.162 e. The van der Waals surface area contributed by atoms with Crippen LogP contribution in [0.2, 0.25) is 0 Å². The minimum atomic E-state index is -0.156. The Bertz CT molecular complexity index is 264. The topological polar surface area (TPSA) is 26.3 Å². The average Bonchev–Trinajstić information content (AvgIpc) is 2.71. The van der Waals surface area contributed by atoms with Crippen LogP contribution in [0, 0.1) is 5.92 Å². The third-order valence-corrected chi connectivity index (χ3v) is 3.80. The van der Waals surface area contributed by atoms with Gasteiger partial charge in [0.1, 0.15) is 5.60 Å². The Morgan fingerprint density at radius 1 is 1.47 bits per heavy atom. The molecule has 1 heterocycles. The maximum Gasteiger partial charge on any atom is 0.162 e. The summed E-state index contributed by atoms with van der Waals surface area (Å²) in [5, 5.41) is 0. The second kappa shape index (κ2) is 4.38. The molecular weight excluding hydrogens is 188 g/mol. The van der Waals surface area contributed by atoms with Crippen LogP contribution in [0.3, 0.4) is 0 Å². The molecule has 1 fully saturated rings. The van der Waals surface area contributed by atoms with Crippen molar-refractivity contribution < 1.29 is 9.53 Å². The molecule has 2 rings (SSSR count). The molecule has 2 aliphatic rings. The van der Waals surface area contributed by atoms with Gasteiger partial charge in [0.25, 0.3) is 0 Å². The highest BCUT2D eigenvalue weighted by Gasteiger charge is 2.43. The lowest BCUT2D eigenvalue weighted by Gasteiger charge is -2.39. The first-order valence-corrected chi connectivity index (χ1v) is 6.14. The highest BCUT2D eigenvalue weighted by molar-refractivity contribution is 5.90. The molecule has 1 aliphatic heterocycles. The SMILES string of the molecule is CCCC1(C2CCCC2)CC(=O)C=CO1. The maximum atomic E-state index is 11.5. The third kappa shape index (κ3) is 2.09. The van der Waals surface area contributed by atoms with Crippen molar-refractivity contribution in [1.82, 2.24) is 0 Å². The van der Waals surface area contributed by atoms with E-state index in [1.54, 1.807) is 12.3 Å². The van der Waals surface area contributed by atoms with Gasteiger partial charge in [0, 0.05) is 6.08 Å². The first-order chi connectivity index (χ1) is 7.27. The molecule has 1 saturated carbocycles. The molecule has 0 aromatic rings. The summed E-state index contributed by atoms with van der Waals surface area (Å²) in [6.45, 7) is 2.17. The van der Waals surface area contributed by atoms with Crippen molar-refractivity contribution in [1.29, 1.82) is 0 Å². The molecule has 0 spiro atoms. The minimum Gasteiger partial charge on any atom is -0.494 e. The van der Waals surface area contributed by atoms with Crippen molar-refractivity contribution in [3.63, 3.8) is 0 Å². The van der Waals surface area contributed by atoms with E-state index in [2.05, 4.69) is 6.92 Å². The van der Waals surface area contributed by atoms with E-state index in [4.69, 9.17) is 4.74 Å². The maximum absolute atomic E-state index is 11.5. The number of hydrogen-bond acceptors (Lipinski definition) is 2. The number of carbonyl (C=O) groups excluding carboxylic acids is 1. The summed E-state index contributed by atoms with van der Waals surface area (Å²) in [7, 11) is 0. The van der Waals surface area contributed by atoms with Gasteiger partial charge in [0.2, 0.25) is 0 Å². The fourth-order valence-electron chi connectivity index (χ4n) is 3.11. The molecule has 2 heteroatoms. The van der Waals surface area contributed by atoms with Gasteiger partial charge in [0.15, 0.2) is 5.78 Å². The van der Waals surface area contributed by atoms with Crippen LogP contribution >= 0.6 is 0 Å². The molecule has 0 aromatic carbocycles. The second-order valence-corrected chi connectivity index (χ2v) is 4.86. The third-order valence-electron chi connectivity index (χ3n) is 3.80. The molecule has 1 atom stereocenters. The lowest BCUT2D eigenvalue weighted by atomic mass is 9.78. The van der Waals surface area contributed by atoms with E-state index in [0.717, 1.165) is 12.8 Å². The van der Waals surface area contributed by atoms with Gasteiger partial charge in [-0.25, -0.2) is 0 Å². The number of ketones is 1. The van der Waals surface area contributed by atoms with E-state index in [0.29, 0.717) is 12.3 Å². The predicted molar refractivity (Wildman–Crippen MR) is 59.4 cm³/mol. The van der Waals surface area contributed by atoms with E-state index in [9.17, 15) is 4.79 Å². The van der Waals surface area contributed by atoms with Crippen LogP contribution < -0.4 is 0 Å². The first-order valence-electron chi connectivity index (χ1n) is 6.14. The van der Waals surface area contributed by atoms with Crippen molar-refractivity contribution in [2.45, 2.75) is 57.5 Å². The van der Waals surface area contributed by atoms with Crippen LogP contribution in [-0.4, -0.2) is 11.4 Å². The van der Waals surface area contributed by atoms with E-state index in [1.807, 2.05) is 0 Å². The van der Waals surface area contributed by atoms with Gasteiger partial charge >= 0.3 is 0 Å². The lowest BCUT2D eigenvalue weighted by Crippen LogP contribution is -2.42. The van der Waals surface area contributed by atoms with Gasteiger partial charge in [-0.3, -0.25) is 4.79 Å².